The van der Waals surface area contributed by atoms with E-state index < -0.39 is 5.97 Å². The van der Waals surface area contributed by atoms with Crippen molar-refractivity contribution in [1.29, 1.82) is 0 Å². The van der Waals surface area contributed by atoms with Gasteiger partial charge >= 0.3 is 5.97 Å². The molecule has 0 radical (unpaired) electrons. The minimum atomic E-state index is -1.00. The molecule has 1 fully saturated rings. The molecule has 1 aromatic heterocycles. The van der Waals surface area contributed by atoms with Crippen molar-refractivity contribution in [1.82, 2.24) is 4.98 Å². The molecule has 5 heteroatoms. The standard InChI is InChI=1S/C14H12FNO2S/c15-10-4-2-9(3-5-10)14(6-1-7-14)13-16-11(8-19-13)12(17)18/h2-5,8H,1,6-7H2,(H,17,18). The van der Waals surface area contributed by atoms with Crippen molar-refractivity contribution in [2.75, 3.05) is 0 Å². The molecular weight excluding hydrogens is 265 g/mol. The Bertz CT molecular complexity index is 617. The van der Waals surface area contributed by atoms with Crippen molar-refractivity contribution in [3.05, 3.63) is 51.7 Å². The van der Waals surface area contributed by atoms with E-state index in [-0.39, 0.29) is 16.9 Å². The van der Waals surface area contributed by atoms with Gasteiger partial charge in [0.1, 0.15) is 10.8 Å². The van der Waals surface area contributed by atoms with E-state index in [0.29, 0.717) is 0 Å². The van der Waals surface area contributed by atoms with E-state index in [1.54, 1.807) is 17.5 Å². The van der Waals surface area contributed by atoms with Crippen molar-refractivity contribution >= 4 is 17.3 Å². The second-order valence-electron chi connectivity index (χ2n) is 4.79. The number of halogens is 1. The topological polar surface area (TPSA) is 50.2 Å². The first kappa shape index (κ1) is 12.3. The van der Waals surface area contributed by atoms with E-state index in [4.69, 9.17) is 5.11 Å². The smallest absolute Gasteiger partial charge is 0.355 e. The number of aromatic nitrogens is 1. The summed E-state index contributed by atoms with van der Waals surface area (Å²) in [5, 5.41) is 11.3. The Hall–Kier alpha value is -1.75. The zero-order valence-corrected chi connectivity index (χ0v) is 10.9. The average Bonchev–Trinajstić information content (AvgIpc) is 2.80. The number of nitrogens with zero attached hydrogens (tertiary/aromatic N) is 1. The molecule has 0 atom stereocenters. The molecule has 1 aliphatic carbocycles. The molecule has 0 aliphatic heterocycles. The van der Waals surface area contributed by atoms with Crippen LogP contribution in [0.4, 0.5) is 4.39 Å². The molecule has 98 valence electrons. The first-order chi connectivity index (χ1) is 9.12. The Morgan fingerprint density at radius 3 is 2.47 bits per heavy atom. The number of aromatic carboxylic acids is 1. The van der Waals surface area contributed by atoms with E-state index >= 15 is 0 Å². The highest BCUT2D eigenvalue weighted by Crippen LogP contribution is 2.49. The molecule has 0 saturated heterocycles. The minimum Gasteiger partial charge on any atom is -0.476 e. The van der Waals surface area contributed by atoms with Gasteiger partial charge in [-0.3, -0.25) is 0 Å². The molecule has 2 aromatic rings. The van der Waals surface area contributed by atoms with Gasteiger partial charge in [-0.05, 0) is 30.5 Å². The first-order valence-corrected chi connectivity index (χ1v) is 6.95. The summed E-state index contributed by atoms with van der Waals surface area (Å²) in [6, 6.07) is 6.44. The van der Waals surface area contributed by atoms with Gasteiger partial charge in [-0.25, -0.2) is 14.2 Å². The molecular formula is C14H12FNO2S. The molecule has 1 aromatic carbocycles. The lowest BCUT2D eigenvalue weighted by molar-refractivity contribution is 0.0690. The number of hydrogen-bond donors (Lipinski definition) is 1. The maximum atomic E-state index is 13.0. The molecule has 3 nitrogen and oxygen atoms in total. The highest BCUT2D eigenvalue weighted by atomic mass is 32.1. The highest BCUT2D eigenvalue weighted by molar-refractivity contribution is 7.10. The molecule has 0 bridgehead atoms. The molecule has 1 aliphatic rings. The predicted octanol–water partition coefficient (Wildman–Crippen LogP) is 3.45. The highest BCUT2D eigenvalue weighted by Gasteiger charge is 2.43. The largest absolute Gasteiger partial charge is 0.476 e. The van der Waals surface area contributed by atoms with Crippen molar-refractivity contribution in [2.45, 2.75) is 24.7 Å². The number of carbonyl (C=O) groups is 1. The van der Waals surface area contributed by atoms with Crippen LogP contribution in [0, 0.1) is 5.82 Å². The summed E-state index contributed by atoms with van der Waals surface area (Å²) >= 11 is 1.37. The van der Waals surface area contributed by atoms with Crippen LogP contribution in [-0.2, 0) is 5.41 Å². The lowest BCUT2D eigenvalue weighted by atomic mass is 9.65. The number of rotatable bonds is 3. The Kier molecular flexibility index (Phi) is 2.86. The molecule has 1 N–H and O–H groups in total. The molecule has 3 rings (SSSR count). The number of benzene rings is 1. The quantitative estimate of drug-likeness (QED) is 0.934. The first-order valence-electron chi connectivity index (χ1n) is 6.07. The third kappa shape index (κ3) is 1.94. The summed E-state index contributed by atoms with van der Waals surface area (Å²) in [5.41, 5.74) is 0.895. The number of carboxylic acids is 1. The number of hydrogen-bond acceptors (Lipinski definition) is 3. The van der Waals surface area contributed by atoms with Crippen molar-refractivity contribution in [3.63, 3.8) is 0 Å². The fourth-order valence-corrected chi connectivity index (χ4v) is 3.59. The molecule has 19 heavy (non-hydrogen) atoms. The van der Waals surface area contributed by atoms with Crippen LogP contribution < -0.4 is 0 Å². The SMILES string of the molecule is O=C(O)c1csc(C2(c3ccc(F)cc3)CCC2)n1. The Morgan fingerprint density at radius 1 is 1.32 bits per heavy atom. The maximum Gasteiger partial charge on any atom is 0.355 e. The maximum absolute atomic E-state index is 13.0. The van der Waals surface area contributed by atoms with E-state index in [2.05, 4.69) is 4.98 Å². The molecule has 1 saturated carbocycles. The van der Waals surface area contributed by atoms with Crippen molar-refractivity contribution in [3.8, 4) is 0 Å². The van der Waals surface area contributed by atoms with Gasteiger partial charge in [0, 0.05) is 10.8 Å². The van der Waals surface area contributed by atoms with Crippen LogP contribution in [0.2, 0.25) is 0 Å². The minimum absolute atomic E-state index is 0.0911. The van der Waals surface area contributed by atoms with Gasteiger partial charge in [-0.2, -0.15) is 0 Å². The lowest BCUT2D eigenvalue weighted by Crippen LogP contribution is -2.35. The van der Waals surface area contributed by atoms with Crippen LogP contribution in [0.3, 0.4) is 0 Å². The van der Waals surface area contributed by atoms with Gasteiger partial charge in [-0.15, -0.1) is 11.3 Å². The van der Waals surface area contributed by atoms with Crippen LogP contribution in [0.25, 0.3) is 0 Å². The average molecular weight is 277 g/mol. The second-order valence-corrected chi connectivity index (χ2v) is 5.64. The summed E-state index contributed by atoms with van der Waals surface area (Å²) in [5.74, 6) is -1.26. The Balaban J connectivity index is 2.02. The van der Waals surface area contributed by atoms with E-state index in [9.17, 15) is 9.18 Å². The van der Waals surface area contributed by atoms with Gasteiger partial charge in [0.25, 0.3) is 0 Å². The summed E-state index contributed by atoms with van der Waals surface area (Å²) in [7, 11) is 0. The number of carboxylic acid groups (broad SMARTS) is 1. The van der Waals surface area contributed by atoms with Gasteiger partial charge in [0.15, 0.2) is 5.69 Å². The Morgan fingerprint density at radius 2 is 2.00 bits per heavy atom. The van der Waals surface area contributed by atoms with E-state index in [1.807, 2.05) is 0 Å². The predicted molar refractivity (Wildman–Crippen MR) is 70.1 cm³/mol. The lowest BCUT2D eigenvalue weighted by Gasteiger charge is -2.40. The zero-order valence-electron chi connectivity index (χ0n) is 10.1. The molecule has 1 heterocycles. The van der Waals surface area contributed by atoms with Crippen LogP contribution >= 0.6 is 11.3 Å². The third-order valence-corrected chi connectivity index (χ3v) is 4.78. The summed E-state index contributed by atoms with van der Waals surface area (Å²) in [4.78, 5) is 15.2. The van der Waals surface area contributed by atoms with Gasteiger partial charge < -0.3 is 5.11 Å². The van der Waals surface area contributed by atoms with Crippen LogP contribution in [0.1, 0.15) is 40.3 Å². The summed E-state index contributed by atoms with van der Waals surface area (Å²) in [6.07, 6.45) is 2.95. The van der Waals surface area contributed by atoms with E-state index in [0.717, 1.165) is 29.8 Å². The molecule has 0 amide bonds. The van der Waals surface area contributed by atoms with Crippen LogP contribution in [0.5, 0.6) is 0 Å². The normalized spacial score (nSPS) is 16.9. The summed E-state index contributed by atoms with van der Waals surface area (Å²) < 4.78 is 13.0. The fraction of sp³-hybridized carbons (Fsp3) is 0.286. The zero-order chi connectivity index (χ0) is 13.5. The van der Waals surface area contributed by atoms with Gasteiger partial charge in [0.05, 0.1) is 0 Å². The van der Waals surface area contributed by atoms with E-state index in [1.165, 1.54) is 23.5 Å². The Labute approximate surface area is 113 Å². The van der Waals surface area contributed by atoms with Gasteiger partial charge in [-0.1, -0.05) is 18.6 Å². The van der Waals surface area contributed by atoms with Crippen LogP contribution in [-0.4, -0.2) is 16.1 Å². The second kappa shape index (κ2) is 4.42. The van der Waals surface area contributed by atoms with Crippen molar-refractivity contribution in [2.24, 2.45) is 0 Å². The van der Waals surface area contributed by atoms with Crippen molar-refractivity contribution < 1.29 is 14.3 Å². The number of thiazole rings is 1. The van der Waals surface area contributed by atoms with Crippen LogP contribution in [0.15, 0.2) is 29.6 Å². The third-order valence-electron chi connectivity index (χ3n) is 3.74. The van der Waals surface area contributed by atoms with Gasteiger partial charge in [0.2, 0.25) is 0 Å². The molecule has 0 unspecified atom stereocenters. The fourth-order valence-electron chi connectivity index (χ4n) is 2.52. The monoisotopic (exact) mass is 277 g/mol. The summed E-state index contributed by atoms with van der Waals surface area (Å²) in [6.45, 7) is 0. The molecule has 0 spiro atoms.